The molecule has 0 bridgehead atoms. The number of hydrogen-bond donors (Lipinski definition) is 1. The molecule has 1 saturated heterocycles. The van der Waals surface area contributed by atoms with Crippen LogP contribution in [0.1, 0.15) is 17.8 Å². The molecule has 1 aromatic carbocycles. The number of aromatic nitrogens is 1. The van der Waals surface area contributed by atoms with Crippen molar-refractivity contribution < 1.29 is 5.11 Å². The minimum atomic E-state index is 0.269. The third-order valence-electron chi connectivity index (χ3n) is 3.39. The molecule has 17 heavy (non-hydrogen) atoms. The van der Waals surface area contributed by atoms with Crippen molar-refractivity contribution in [2.75, 3.05) is 13.2 Å². The Morgan fingerprint density at radius 1 is 1.41 bits per heavy atom. The lowest BCUT2D eigenvalue weighted by Gasteiger charge is -2.20. The van der Waals surface area contributed by atoms with Crippen LogP contribution in [0.25, 0.3) is 10.2 Å². The molecule has 0 amide bonds. The van der Waals surface area contributed by atoms with Crippen LogP contribution in [0.5, 0.6) is 0 Å². The van der Waals surface area contributed by atoms with Gasteiger partial charge in [-0.2, -0.15) is 0 Å². The fourth-order valence-electron chi connectivity index (χ4n) is 2.47. The number of aliphatic hydroxyl groups is 1. The maximum atomic E-state index is 9.30. The van der Waals surface area contributed by atoms with Gasteiger partial charge in [0.15, 0.2) is 0 Å². The predicted molar refractivity (Wildman–Crippen MR) is 70.1 cm³/mol. The van der Waals surface area contributed by atoms with E-state index in [2.05, 4.69) is 28.1 Å². The molecule has 1 atom stereocenters. The van der Waals surface area contributed by atoms with E-state index >= 15 is 0 Å². The van der Waals surface area contributed by atoms with Crippen LogP contribution in [-0.4, -0.2) is 34.2 Å². The van der Waals surface area contributed by atoms with E-state index in [0.29, 0.717) is 6.04 Å². The summed E-state index contributed by atoms with van der Waals surface area (Å²) in [4.78, 5) is 6.99. The number of likely N-dealkylation sites (tertiary alicyclic amines) is 1. The molecule has 2 heterocycles. The van der Waals surface area contributed by atoms with Gasteiger partial charge in [-0.15, -0.1) is 11.3 Å². The van der Waals surface area contributed by atoms with Crippen molar-refractivity contribution in [1.29, 1.82) is 0 Å². The van der Waals surface area contributed by atoms with Gasteiger partial charge in [0.2, 0.25) is 0 Å². The van der Waals surface area contributed by atoms with Gasteiger partial charge in [0, 0.05) is 6.04 Å². The summed E-state index contributed by atoms with van der Waals surface area (Å²) in [5.41, 5.74) is 1.09. The zero-order valence-electron chi connectivity index (χ0n) is 9.67. The fraction of sp³-hybridized carbons (Fsp3) is 0.462. The molecular formula is C13H16N2OS. The SMILES string of the molecule is OC[C@H]1CCCN1Cc1nc2ccccc2s1. The molecule has 0 aliphatic carbocycles. The van der Waals surface area contributed by atoms with Gasteiger partial charge in [-0.25, -0.2) is 4.98 Å². The normalized spacial score (nSPS) is 21.4. The molecule has 4 heteroatoms. The Hall–Kier alpha value is -0.970. The summed E-state index contributed by atoms with van der Waals surface area (Å²) in [6.07, 6.45) is 2.30. The number of hydrogen-bond acceptors (Lipinski definition) is 4. The smallest absolute Gasteiger partial charge is 0.108 e. The average molecular weight is 248 g/mol. The van der Waals surface area contributed by atoms with Crippen LogP contribution in [0.4, 0.5) is 0 Å². The fourth-order valence-corrected chi connectivity index (χ4v) is 3.46. The molecule has 1 aliphatic heterocycles. The molecular weight excluding hydrogens is 232 g/mol. The number of thiazole rings is 1. The topological polar surface area (TPSA) is 36.4 Å². The number of nitrogens with zero attached hydrogens (tertiary/aromatic N) is 2. The van der Waals surface area contributed by atoms with Crippen LogP contribution in [-0.2, 0) is 6.54 Å². The Bertz CT molecular complexity index is 478. The predicted octanol–water partition coefficient (Wildman–Crippen LogP) is 2.25. The minimum Gasteiger partial charge on any atom is -0.395 e. The molecule has 2 aromatic rings. The molecule has 1 aliphatic rings. The molecule has 0 saturated carbocycles. The summed E-state index contributed by atoms with van der Waals surface area (Å²) in [5.74, 6) is 0. The van der Waals surface area contributed by atoms with E-state index in [1.54, 1.807) is 11.3 Å². The second kappa shape index (κ2) is 4.72. The van der Waals surface area contributed by atoms with Crippen molar-refractivity contribution in [3.05, 3.63) is 29.3 Å². The van der Waals surface area contributed by atoms with E-state index in [1.165, 1.54) is 11.1 Å². The molecule has 1 N–H and O–H groups in total. The maximum Gasteiger partial charge on any atom is 0.108 e. The zero-order chi connectivity index (χ0) is 11.7. The van der Waals surface area contributed by atoms with Gasteiger partial charge in [-0.1, -0.05) is 12.1 Å². The van der Waals surface area contributed by atoms with E-state index in [0.717, 1.165) is 30.0 Å². The lowest BCUT2D eigenvalue weighted by molar-refractivity contribution is 0.153. The second-order valence-electron chi connectivity index (χ2n) is 4.52. The van der Waals surface area contributed by atoms with E-state index in [9.17, 15) is 5.11 Å². The summed E-state index contributed by atoms with van der Waals surface area (Å²) in [6, 6.07) is 8.59. The van der Waals surface area contributed by atoms with E-state index in [1.807, 2.05) is 6.07 Å². The largest absolute Gasteiger partial charge is 0.395 e. The monoisotopic (exact) mass is 248 g/mol. The van der Waals surface area contributed by atoms with Crippen molar-refractivity contribution in [3.8, 4) is 0 Å². The zero-order valence-corrected chi connectivity index (χ0v) is 10.5. The minimum absolute atomic E-state index is 0.269. The van der Waals surface area contributed by atoms with Gasteiger partial charge >= 0.3 is 0 Å². The van der Waals surface area contributed by atoms with Crippen molar-refractivity contribution in [3.63, 3.8) is 0 Å². The van der Waals surface area contributed by atoms with Crippen molar-refractivity contribution >= 4 is 21.6 Å². The van der Waals surface area contributed by atoms with Crippen LogP contribution >= 0.6 is 11.3 Å². The van der Waals surface area contributed by atoms with E-state index in [4.69, 9.17) is 0 Å². The summed E-state index contributed by atoms with van der Waals surface area (Å²) in [6.45, 7) is 2.23. The van der Waals surface area contributed by atoms with Crippen molar-refractivity contribution in [1.82, 2.24) is 9.88 Å². The third kappa shape index (κ3) is 2.20. The molecule has 90 valence electrons. The van der Waals surface area contributed by atoms with Crippen molar-refractivity contribution in [2.45, 2.75) is 25.4 Å². The highest BCUT2D eigenvalue weighted by Crippen LogP contribution is 2.25. The van der Waals surface area contributed by atoms with Crippen LogP contribution in [0, 0.1) is 0 Å². The first-order chi connectivity index (χ1) is 8.36. The molecule has 0 unspecified atom stereocenters. The van der Waals surface area contributed by atoms with E-state index in [-0.39, 0.29) is 6.61 Å². The first-order valence-electron chi connectivity index (χ1n) is 6.06. The van der Waals surface area contributed by atoms with Gasteiger partial charge < -0.3 is 5.11 Å². The number of fused-ring (bicyclic) bond motifs is 1. The Labute approximate surface area is 105 Å². The molecule has 3 rings (SSSR count). The standard InChI is InChI=1S/C13H16N2OS/c16-9-10-4-3-7-15(10)8-13-14-11-5-1-2-6-12(11)17-13/h1-2,5-6,10,16H,3-4,7-9H2/t10-/m1/s1. The van der Waals surface area contributed by atoms with Gasteiger partial charge in [0.1, 0.15) is 5.01 Å². The Kier molecular flexibility index (Phi) is 3.09. The van der Waals surface area contributed by atoms with Crippen LogP contribution in [0.15, 0.2) is 24.3 Å². The molecule has 3 nitrogen and oxygen atoms in total. The van der Waals surface area contributed by atoms with Gasteiger partial charge in [0.05, 0.1) is 23.4 Å². The third-order valence-corrected chi connectivity index (χ3v) is 4.41. The first kappa shape index (κ1) is 11.1. The van der Waals surface area contributed by atoms with Crippen LogP contribution in [0.3, 0.4) is 0 Å². The quantitative estimate of drug-likeness (QED) is 0.905. The van der Waals surface area contributed by atoms with Crippen LogP contribution < -0.4 is 0 Å². The molecule has 0 spiro atoms. The number of para-hydroxylation sites is 1. The Morgan fingerprint density at radius 2 is 2.29 bits per heavy atom. The Balaban J connectivity index is 1.80. The lowest BCUT2D eigenvalue weighted by Crippen LogP contribution is -2.31. The molecule has 0 radical (unpaired) electrons. The Morgan fingerprint density at radius 3 is 3.12 bits per heavy atom. The number of rotatable bonds is 3. The average Bonchev–Trinajstić information content (AvgIpc) is 2.94. The molecule has 1 fully saturated rings. The van der Waals surface area contributed by atoms with Crippen LogP contribution in [0.2, 0.25) is 0 Å². The highest BCUT2D eigenvalue weighted by molar-refractivity contribution is 7.18. The van der Waals surface area contributed by atoms with E-state index < -0.39 is 0 Å². The summed E-state index contributed by atoms with van der Waals surface area (Å²) < 4.78 is 1.25. The number of benzene rings is 1. The van der Waals surface area contributed by atoms with Gasteiger partial charge in [0.25, 0.3) is 0 Å². The highest BCUT2D eigenvalue weighted by atomic mass is 32.1. The maximum absolute atomic E-state index is 9.30. The molecule has 1 aromatic heterocycles. The highest BCUT2D eigenvalue weighted by Gasteiger charge is 2.24. The lowest BCUT2D eigenvalue weighted by atomic mass is 10.2. The summed E-state index contributed by atoms with van der Waals surface area (Å²) in [5, 5.41) is 10.5. The number of aliphatic hydroxyl groups excluding tert-OH is 1. The second-order valence-corrected chi connectivity index (χ2v) is 5.64. The first-order valence-corrected chi connectivity index (χ1v) is 6.88. The summed E-state index contributed by atoms with van der Waals surface area (Å²) >= 11 is 1.76. The van der Waals surface area contributed by atoms with Gasteiger partial charge in [-0.3, -0.25) is 4.90 Å². The summed E-state index contributed by atoms with van der Waals surface area (Å²) in [7, 11) is 0. The van der Waals surface area contributed by atoms with Crippen molar-refractivity contribution in [2.24, 2.45) is 0 Å². The van der Waals surface area contributed by atoms with Gasteiger partial charge in [-0.05, 0) is 31.5 Å².